The van der Waals surface area contributed by atoms with E-state index < -0.39 is 0 Å². The Bertz CT molecular complexity index is 1250. The van der Waals surface area contributed by atoms with E-state index in [1.807, 2.05) is 48.9 Å². The first-order valence-electron chi connectivity index (χ1n) is 12.1. The summed E-state index contributed by atoms with van der Waals surface area (Å²) in [7, 11) is 0. The molecule has 1 aliphatic rings. The third-order valence-electron chi connectivity index (χ3n) is 6.46. The number of aliphatic hydroxyl groups excluding tert-OH is 1. The fourth-order valence-corrected chi connectivity index (χ4v) is 4.19. The molecular weight excluding hydrogens is 438 g/mol. The Kier molecular flexibility index (Phi) is 7.68. The van der Waals surface area contributed by atoms with Gasteiger partial charge in [-0.15, -0.1) is 0 Å². The molecule has 0 saturated heterocycles. The molecule has 1 aliphatic carbocycles. The minimum Gasteiger partial charge on any atom is -0.394 e. The number of rotatable bonds is 9. The van der Waals surface area contributed by atoms with Crippen LogP contribution in [0.3, 0.4) is 0 Å². The molecule has 3 N–H and O–H groups in total. The molecule has 0 radical (unpaired) electrons. The minimum absolute atomic E-state index is 0.0250. The van der Waals surface area contributed by atoms with Crippen LogP contribution >= 0.6 is 0 Å². The average molecular weight is 472 g/mol. The highest BCUT2D eigenvalue weighted by atomic mass is 16.3. The maximum Gasteiger partial charge on any atom is 0.250 e. The van der Waals surface area contributed by atoms with E-state index in [1.54, 1.807) is 36.7 Å². The number of nitrogens with zero attached hydrogens (tertiary/aromatic N) is 3. The van der Waals surface area contributed by atoms with Gasteiger partial charge in [0.05, 0.1) is 36.1 Å². The fraction of sp³-hybridized carbons (Fsp3) is 0.357. The fourth-order valence-electron chi connectivity index (χ4n) is 4.19. The van der Waals surface area contributed by atoms with Gasteiger partial charge >= 0.3 is 0 Å². The van der Waals surface area contributed by atoms with Crippen LogP contribution in [0.1, 0.15) is 62.4 Å². The summed E-state index contributed by atoms with van der Waals surface area (Å²) < 4.78 is 1.84. The van der Waals surface area contributed by atoms with E-state index in [0.29, 0.717) is 23.6 Å². The number of aliphatic hydroxyl groups is 1. The Morgan fingerprint density at radius 2 is 1.91 bits per heavy atom. The van der Waals surface area contributed by atoms with Crippen molar-refractivity contribution in [3.8, 4) is 11.3 Å². The number of nitrogens with one attached hydrogen (secondary N) is 2. The maximum absolute atomic E-state index is 12.4. The average Bonchev–Trinajstić information content (AvgIpc) is 3.42. The summed E-state index contributed by atoms with van der Waals surface area (Å²) in [5, 5.41) is 21.1. The van der Waals surface area contributed by atoms with Crippen molar-refractivity contribution in [3.63, 3.8) is 0 Å². The zero-order valence-corrected chi connectivity index (χ0v) is 20.4. The van der Waals surface area contributed by atoms with Crippen LogP contribution in [0.4, 0.5) is 0 Å². The van der Waals surface area contributed by atoms with Crippen molar-refractivity contribution in [1.29, 1.82) is 5.41 Å². The highest BCUT2D eigenvalue weighted by molar-refractivity contribution is 6.08. The first kappa shape index (κ1) is 24.7. The lowest BCUT2D eigenvalue weighted by molar-refractivity contribution is 0.187. The smallest absolute Gasteiger partial charge is 0.250 e. The number of aromatic nitrogens is 3. The second-order valence-corrected chi connectivity index (χ2v) is 9.77. The van der Waals surface area contributed by atoms with Crippen molar-refractivity contribution in [2.24, 2.45) is 0 Å². The van der Waals surface area contributed by atoms with E-state index in [4.69, 9.17) is 5.41 Å². The molecule has 1 fully saturated rings. The van der Waals surface area contributed by atoms with Crippen molar-refractivity contribution in [1.82, 2.24) is 19.9 Å². The summed E-state index contributed by atoms with van der Waals surface area (Å²) in [6.07, 6.45) is 13.2. The molecule has 0 aliphatic heterocycles. The van der Waals surface area contributed by atoms with Crippen molar-refractivity contribution in [2.45, 2.75) is 57.7 Å². The van der Waals surface area contributed by atoms with E-state index in [9.17, 15) is 9.90 Å². The molecule has 3 aromatic rings. The normalized spacial score (nSPS) is 14.6. The van der Waals surface area contributed by atoms with Crippen LogP contribution in [-0.4, -0.2) is 37.5 Å². The first-order valence-corrected chi connectivity index (χ1v) is 12.1. The van der Waals surface area contributed by atoms with Crippen LogP contribution < -0.4 is 10.9 Å². The van der Waals surface area contributed by atoms with Gasteiger partial charge in [0.15, 0.2) is 0 Å². The second-order valence-electron chi connectivity index (χ2n) is 9.77. The number of hydrogen-bond donors (Lipinski definition) is 3. The van der Waals surface area contributed by atoms with Gasteiger partial charge in [-0.2, -0.15) is 0 Å². The second kappa shape index (κ2) is 10.9. The van der Waals surface area contributed by atoms with E-state index >= 15 is 0 Å². The summed E-state index contributed by atoms with van der Waals surface area (Å²) in [6, 6.07) is 11.5. The summed E-state index contributed by atoms with van der Waals surface area (Å²) in [4.78, 5) is 21.4. The van der Waals surface area contributed by atoms with Gasteiger partial charge in [-0.3, -0.25) is 9.78 Å². The van der Waals surface area contributed by atoms with Crippen molar-refractivity contribution < 1.29 is 5.11 Å². The Labute approximate surface area is 206 Å². The van der Waals surface area contributed by atoms with Crippen LogP contribution in [-0.2, 0) is 6.54 Å². The lowest BCUT2D eigenvalue weighted by Gasteiger charge is -2.23. The summed E-state index contributed by atoms with van der Waals surface area (Å²) >= 11 is 0. The molecule has 1 saturated carbocycles. The van der Waals surface area contributed by atoms with E-state index in [0.717, 1.165) is 42.4 Å². The molecule has 2 heterocycles. The number of allylic oxidation sites excluding steroid dienone is 1. The molecule has 0 unspecified atom stereocenters. The molecule has 7 heteroatoms. The molecular formula is C28H33N5O2. The van der Waals surface area contributed by atoms with Gasteiger partial charge < -0.3 is 20.4 Å². The SMILES string of the molecule is CC(C)(CO)NCc1ccc(C(=N)/C=C/c2cncc(-c3ccc(=O)n(C4CCCC4)c3)n2)cc1. The van der Waals surface area contributed by atoms with Crippen molar-refractivity contribution in [3.05, 3.63) is 88.2 Å². The highest BCUT2D eigenvalue weighted by Gasteiger charge is 2.18. The summed E-state index contributed by atoms with van der Waals surface area (Å²) in [5.41, 5.74) is 4.18. The van der Waals surface area contributed by atoms with Gasteiger partial charge in [-0.1, -0.05) is 37.1 Å². The zero-order valence-electron chi connectivity index (χ0n) is 20.4. The number of benzene rings is 1. The molecule has 1 aromatic carbocycles. The number of hydrogen-bond acceptors (Lipinski definition) is 6. The molecule has 0 bridgehead atoms. The van der Waals surface area contributed by atoms with Crippen LogP contribution in [0.25, 0.3) is 17.3 Å². The highest BCUT2D eigenvalue weighted by Crippen LogP contribution is 2.29. The largest absolute Gasteiger partial charge is 0.394 e. The molecule has 2 aromatic heterocycles. The van der Waals surface area contributed by atoms with Gasteiger partial charge in [-0.25, -0.2) is 4.98 Å². The van der Waals surface area contributed by atoms with Gasteiger partial charge in [-0.05, 0) is 56.0 Å². The van der Waals surface area contributed by atoms with E-state index in [1.165, 1.54) is 0 Å². The Morgan fingerprint density at radius 1 is 1.17 bits per heavy atom. The first-order chi connectivity index (χ1) is 16.8. The van der Waals surface area contributed by atoms with Gasteiger partial charge in [0.2, 0.25) is 0 Å². The van der Waals surface area contributed by atoms with Crippen molar-refractivity contribution >= 4 is 11.8 Å². The number of pyridine rings is 1. The quantitative estimate of drug-likeness (QED) is 0.402. The molecule has 0 atom stereocenters. The lowest BCUT2D eigenvalue weighted by atomic mass is 10.0. The van der Waals surface area contributed by atoms with Crippen LogP contribution in [0.5, 0.6) is 0 Å². The minimum atomic E-state index is -0.336. The van der Waals surface area contributed by atoms with Crippen LogP contribution in [0.15, 0.2) is 65.9 Å². The van der Waals surface area contributed by atoms with Crippen LogP contribution in [0, 0.1) is 5.41 Å². The maximum atomic E-state index is 12.4. The summed E-state index contributed by atoms with van der Waals surface area (Å²) in [6.45, 7) is 4.61. The molecule has 0 amide bonds. The zero-order chi connectivity index (χ0) is 24.8. The summed E-state index contributed by atoms with van der Waals surface area (Å²) in [5.74, 6) is 0. The third-order valence-corrected chi connectivity index (χ3v) is 6.46. The monoisotopic (exact) mass is 471 g/mol. The Morgan fingerprint density at radius 3 is 2.63 bits per heavy atom. The van der Waals surface area contributed by atoms with Crippen LogP contribution in [0.2, 0.25) is 0 Å². The predicted molar refractivity (Wildman–Crippen MR) is 140 cm³/mol. The van der Waals surface area contributed by atoms with E-state index in [-0.39, 0.29) is 23.7 Å². The Hall–Kier alpha value is -3.42. The predicted octanol–water partition coefficient (Wildman–Crippen LogP) is 4.36. The van der Waals surface area contributed by atoms with Gasteiger partial charge in [0.1, 0.15) is 0 Å². The molecule has 182 valence electrons. The molecule has 35 heavy (non-hydrogen) atoms. The molecule has 7 nitrogen and oxygen atoms in total. The standard InChI is InChI=1S/C28H33N5O2/c1-28(2,19-34)31-15-20-7-9-21(10-8-20)25(29)13-12-23-16-30-17-26(32-23)22-11-14-27(35)33(18-22)24-5-3-4-6-24/h7-14,16-18,24,29,31,34H,3-6,15,19H2,1-2H3/b13-12+,29-25?. The van der Waals surface area contributed by atoms with Gasteiger partial charge in [0.25, 0.3) is 5.56 Å². The molecule has 4 rings (SSSR count). The third kappa shape index (κ3) is 6.38. The van der Waals surface area contributed by atoms with Crippen molar-refractivity contribution in [2.75, 3.05) is 6.61 Å². The lowest BCUT2D eigenvalue weighted by Crippen LogP contribution is -2.42. The Balaban J connectivity index is 1.44. The van der Waals surface area contributed by atoms with E-state index in [2.05, 4.69) is 15.3 Å². The van der Waals surface area contributed by atoms with Gasteiger partial charge in [0, 0.05) is 36.0 Å². The topological polar surface area (TPSA) is 104 Å². The molecule has 0 spiro atoms.